The summed E-state index contributed by atoms with van der Waals surface area (Å²) in [4.78, 5) is 21.5. The summed E-state index contributed by atoms with van der Waals surface area (Å²) in [5.41, 5.74) is 5.86. The average molecular weight is 238 g/mol. The maximum Gasteiger partial charge on any atom is 0.341 e. The van der Waals surface area contributed by atoms with Gasteiger partial charge < -0.3 is 20.9 Å². The summed E-state index contributed by atoms with van der Waals surface area (Å²) in [6, 6.07) is 6.43. The number of carbonyl (C=O) groups is 2. The Hall–Kier alpha value is -2.08. The second kappa shape index (κ2) is 6.49. The number of carboxylic acid groups (broad SMARTS) is 1. The van der Waals surface area contributed by atoms with Crippen molar-refractivity contribution in [1.82, 2.24) is 0 Å². The van der Waals surface area contributed by atoms with Crippen molar-refractivity contribution < 1.29 is 19.4 Å². The van der Waals surface area contributed by atoms with Gasteiger partial charge in [0.2, 0.25) is 5.91 Å². The van der Waals surface area contributed by atoms with Gasteiger partial charge in [-0.2, -0.15) is 0 Å². The Morgan fingerprint density at radius 2 is 1.94 bits per heavy atom. The first-order valence-corrected chi connectivity index (χ1v) is 5.06. The number of nitrogens with two attached hydrogens (primary N) is 1. The number of hydrogen-bond donors (Lipinski definition) is 3. The predicted octanol–water partition coefficient (Wildman–Crippen LogP) is 0.437. The van der Waals surface area contributed by atoms with E-state index in [-0.39, 0.29) is 12.3 Å². The van der Waals surface area contributed by atoms with Crippen molar-refractivity contribution in [2.45, 2.75) is 6.42 Å². The zero-order chi connectivity index (χ0) is 12.7. The quantitative estimate of drug-likeness (QED) is 0.667. The van der Waals surface area contributed by atoms with Crippen molar-refractivity contribution in [3.05, 3.63) is 24.3 Å². The second-order valence-corrected chi connectivity index (χ2v) is 3.29. The largest absolute Gasteiger partial charge is 0.482 e. The van der Waals surface area contributed by atoms with Gasteiger partial charge in [0.25, 0.3) is 0 Å². The molecule has 0 saturated heterocycles. The maximum absolute atomic E-state index is 11.2. The van der Waals surface area contributed by atoms with Gasteiger partial charge in [0.15, 0.2) is 6.61 Å². The van der Waals surface area contributed by atoms with Crippen LogP contribution >= 0.6 is 0 Å². The van der Waals surface area contributed by atoms with Gasteiger partial charge in [0.05, 0.1) is 0 Å². The Balaban J connectivity index is 2.49. The SMILES string of the molecule is NCCC(=O)Nc1ccc(OCC(=O)O)cc1. The standard InChI is InChI=1S/C11H14N2O4/c12-6-5-10(14)13-8-1-3-9(4-2-8)17-7-11(15)16/h1-4H,5-7,12H2,(H,13,14)(H,15,16). The monoisotopic (exact) mass is 238 g/mol. The predicted molar refractivity (Wildman–Crippen MR) is 61.9 cm³/mol. The smallest absolute Gasteiger partial charge is 0.341 e. The normalized spacial score (nSPS) is 9.71. The van der Waals surface area contributed by atoms with Crippen LogP contribution in [0.25, 0.3) is 0 Å². The molecule has 0 bridgehead atoms. The minimum Gasteiger partial charge on any atom is -0.482 e. The van der Waals surface area contributed by atoms with Crippen molar-refractivity contribution >= 4 is 17.6 Å². The highest BCUT2D eigenvalue weighted by Crippen LogP contribution is 2.15. The molecule has 17 heavy (non-hydrogen) atoms. The molecule has 1 aromatic rings. The molecule has 0 spiro atoms. The molecule has 4 N–H and O–H groups in total. The lowest BCUT2D eigenvalue weighted by Gasteiger charge is -2.06. The third-order valence-corrected chi connectivity index (χ3v) is 1.87. The highest BCUT2D eigenvalue weighted by Gasteiger charge is 2.02. The van der Waals surface area contributed by atoms with Gasteiger partial charge in [-0.1, -0.05) is 0 Å². The lowest BCUT2D eigenvalue weighted by Crippen LogP contribution is -2.16. The number of rotatable bonds is 6. The first-order chi connectivity index (χ1) is 8.11. The zero-order valence-corrected chi connectivity index (χ0v) is 9.18. The number of nitrogens with one attached hydrogen (secondary N) is 1. The molecular formula is C11H14N2O4. The van der Waals surface area contributed by atoms with Crippen LogP contribution in [0.15, 0.2) is 24.3 Å². The molecule has 0 heterocycles. The minimum absolute atomic E-state index is 0.160. The highest BCUT2D eigenvalue weighted by atomic mass is 16.5. The van der Waals surface area contributed by atoms with Crippen LogP contribution in [0.1, 0.15) is 6.42 Å². The summed E-state index contributed by atoms with van der Waals surface area (Å²) in [6.45, 7) is -0.0927. The van der Waals surface area contributed by atoms with Crippen molar-refractivity contribution in [2.75, 3.05) is 18.5 Å². The topological polar surface area (TPSA) is 102 Å². The van der Waals surface area contributed by atoms with Crippen LogP contribution in [0.3, 0.4) is 0 Å². The van der Waals surface area contributed by atoms with Crippen LogP contribution in [0.2, 0.25) is 0 Å². The first kappa shape index (κ1) is 13.0. The Morgan fingerprint density at radius 1 is 1.29 bits per heavy atom. The van der Waals surface area contributed by atoms with Gasteiger partial charge >= 0.3 is 5.97 Å². The van der Waals surface area contributed by atoms with Crippen LogP contribution in [0.4, 0.5) is 5.69 Å². The van der Waals surface area contributed by atoms with Gasteiger partial charge in [-0.15, -0.1) is 0 Å². The fourth-order valence-electron chi connectivity index (χ4n) is 1.13. The van der Waals surface area contributed by atoms with E-state index in [1.165, 1.54) is 0 Å². The minimum atomic E-state index is -1.04. The number of anilines is 1. The number of hydrogen-bond acceptors (Lipinski definition) is 4. The molecule has 0 aliphatic heterocycles. The molecule has 0 radical (unpaired) electrons. The third kappa shape index (κ3) is 4.98. The Morgan fingerprint density at radius 3 is 2.47 bits per heavy atom. The number of ether oxygens (including phenoxy) is 1. The second-order valence-electron chi connectivity index (χ2n) is 3.29. The van der Waals surface area contributed by atoms with E-state index in [1.54, 1.807) is 24.3 Å². The van der Waals surface area contributed by atoms with Crippen molar-refractivity contribution in [2.24, 2.45) is 5.73 Å². The van der Waals surface area contributed by atoms with Crippen LogP contribution in [0.5, 0.6) is 5.75 Å². The zero-order valence-electron chi connectivity index (χ0n) is 9.18. The molecule has 6 heteroatoms. The van der Waals surface area contributed by atoms with E-state index < -0.39 is 12.6 Å². The Labute approximate surface area is 98.4 Å². The van der Waals surface area contributed by atoms with E-state index in [0.29, 0.717) is 18.0 Å². The van der Waals surface area contributed by atoms with E-state index in [9.17, 15) is 9.59 Å². The number of amides is 1. The van der Waals surface area contributed by atoms with E-state index in [1.807, 2.05) is 0 Å². The molecule has 0 saturated carbocycles. The van der Waals surface area contributed by atoms with Gasteiger partial charge in [0.1, 0.15) is 5.75 Å². The maximum atomic E-state index is 11.2. The fourth-order valence-corrected chi connectivity index (χ4v) is 1.13. The van der Waals surface area contributed by atoms with E-state index in [2.05, 4.69) is 5.32 Å². The van der Waals surface area contributed by atoms with E-state index >= 15 is 0 Å². The summed E-state index contributed by atoms with van der Waals surface area (Å²) >= 11 is 0. The molecule has 0 aromatic heterocycles. The van der Waals surface area contributed by atoms with Crippen molar-refractivity contribution in [1.29, 1.82) is 0 Å². The molecule has 0 fully saturated rings. The van der Waals surface area contributed by atoms with Gasteiger partial charge in [-0.25, -0.2) is 4.79 Å². The third-order valence-electron chi connectivity index (χ3n) is 1.87. The van der Waals surface area contributed by atoms with Crippen LogP contribution in [-0.4, -0.2) is 30.1 Å². The van der Waals surface area contributed by atoms with Gasteiger partial charge in [-0.3, -0.25) is 4.79 Å². The first-order valence-electron chi connectivity index (χ1n) is 5.06. The van der Waals surface area contributed by atoms with E-state index in [4.69, 9.17) is 15.6 Å². The van der Waals surface area contributed by atoms with Crippen LogP contribution in [0, 0.1) is 0 Å². The molecule has 1 rings (SSSR count). The lowest BCUT2D eigenvalue weighted by molar-refractivity contribution is -0.139. The summed E-state index contributed by atoms with van der Waals surface area (Å²) in [7, 11) is 0. The van der Waals surface area contributed by atoms with Crippen LogP contribution in [-0.2, 0) is 9.59 Å². The number of carboxylic acids is 1. The highest BCUT2D eigenvalue weighted by molar-refractivity contribution is 5.90. The molecule has 6 nitrogen and oxygen atoms in total. The van der Waals surface area contributed by atoms with Gasteiger partial charge in [-0.05, 0) is 24.3 Å². The van der Waals surface area contributed by atoms with Gasteiger partial charge in [0, 0.05) is 18.7 Å². The van der Waals surface area contributed by atoms with Crippen LogP contribution < -0.4 is 15.8 Å². The molecule has 0 aliphatic carbocycles. The molecule has 1 aromatic carbocycles. The lowest BCUT2D eigenvalue weighted by atomic mass is 10.3. The summed E-state index contributed by atoms with van der Waals surface area (Å²) in [6.07, 6.45) is 0.261. The Bertz CT molecular complexity index is 389. The van der Waals surface area contributed by atoms with Crippen molar-refractivity contribution in [3.63, 3.8) is 0 Å². The molecule has 0 atom stereocenters. The van der Waals surface area contributed by atoms with E-state index in [0.717, 1.165) is 0 Å². The number of aliphatic carboxylic acids is 1. The molecular weight excluding hydrogens is 224 g/mol. The summed E-state index contributed by atoms with van der Waals surface area (Å²) in [5, 5.41) is 11.1. The number of benzene rings is 1. The molecule has 92 valence electrons. The number of carbonyl (C=O) groups excluding carboxylic acids is 1. The summed E-state index contributed by atoms with van der Waals surface area (Å²) < 4.78 is 4.94. The molecule has 1 amide bonds. The average Bonchev–Trinajstić information content (AvgIpc) is 2.28. The fraction of sp³-hybridized carbons (Fsp3) is 0.273. The summed E-state index contributed by atoms with van der Waals surface area (Å²) in [5.74, 6) is -0.763. The molecule has 0 unspecified atom stereocenters. The van der Waals surface area contributed by atoms with Crippen molar-refractivity contribution in [3.8, 4) is 5.75 Å². The Kier molecular flexibility index (Phi) is 4.96. The molecule has 0 aliphatic rings.